The minimum absolute atomic E-state index is 0.118. The first-order valence-corrected chi connectivity index (χ1v) is 6.19. The Balaban J connectivity index is 2.44. The molecular weight excluding hydrogens is 214 g/mol. The first-order valence-electron chi connectivity index (χ1n) is 6.19. The summed E-state index contributed by atoms with van der Waals surface area (Å²) in [5.41, 5.74) is 0.203. The fraction of sp³-hybridized carbons (Fsp3) is 0.769. The van der Waals surface area contributed by atoms with Crippen LogP contribution in [-0.2, 0) is 4.79 Å². The van der Waals surface area contributed by atoms with Crippen LogP contribution in [0.4, 0.5) is 0 Å². The van der Waals surface area contributed by atoms with Crippen LogP contribution in [0.25, 0.3) is 0 Å². The Kier molecular flexibility index (Phi) is 4.57. The van der Waals surface area contributed by atoms with E-state index in [1.165, 1.54) is 0 Å². The molecule has 1 aliphatic heterocycles. The van der Waals surface area contributed by atoms with E-state index in [2.05, 4.69) is 25.7 Å². The van der Waals surface area contributed by atoms with Crippen LogP contribution in [0.15, 0.2) is 12.3 Å². The Morgan fingerprint density at radius 2 is 1.65 bits per heavy atom. The van der Waals surface area contributed by atoms with E-state index in [1.807, 2.05) is 23.9 Å². The van der Waals surface area contributed by atoms with Gasteiger partial charge in [-0.2, -0.15) is 0 Å². The summed E-state index contributed by atoms with van der Waals surface area (Å²) in [6.45, 7) is 10.2. The lowest BCUT2D eigenvalue weighted by atomic mass is 10.1. The molecule has 0 bridgehead atoms. The molecule has 0 atom stereocenters. The third-order valence-electron chi connectivity index (χ3n) is 3.06. The standard InChI is InChI=1S/C13H25N3O/c1-13(2,3)16-10-8-15(9-11-16)12(17)6-7-14(4)5/h6-7H,8-11H2,1-5H3/b7-6+. The van der Waals surface area contributed by atoms with E-state index in [1.54, 1.807) is 12.3 Å². The molecule has 1 aliphatic rings. The number of hydrogen-bond donors (Lipinski definition) is 0. The van der Waals surface area contributed by atoms with Crippen molar-refractivity contribution in [2.45, 2.75) is 26.3 Å². The monoisotopic (exact) mass is 239 g/mol. The van der Waals surface area contributed by atoms with Gasteiger partial charge in [0, 0.05) is 58.1 Å². The van der Waals surface area contributed by atoms with Gasteiger partial charge in [0.1, 0.15) is 0 Å². The molecular formula is C13H25N3O. The summed E-state index contributed by atoms with van der Waals surface area (Å²) in [6, 6.07) is 0. The molecule has 1 rings (SSSR count). The van der Waals surface area contributed by atoms with E-state index < -0.39 is 0 Å². The zero-order valence-corrected chi connectivity index (χ0v) is 11.7. The van der Waals surface area contributed by atoms with Crippen LogP contribution in [0.1, 0.15) is 20.8 Å². The second-order valence-electron chi connectivity index (χ2n) is 5.76. The quantitative estimate of drug-likeness (QED) is 0.673. The topological polar surface area (TPSA) is 26.8 Å². The molecule has 0 aromatic heterocycles. The molecule has 0 aromatic rings. The minimum atomic E-state index is 0.118. The van der Waals surface area contributed by atoms with Crippen molar-refractivity contribution in [3.63, 3.8) is 0 Å². The summed E-state index contributed by atoms with van der Waals surface area (Å²) >= 11 is 0. The largest absolute Gasteiger partial charge is 0.383 e. The number of carbonyl (C=O) groups excluding carboxylic acids is 1. The van der Waals surface area contributed by atoms with Crippen molar-refractivity contribution in [1.82, 2.24) is 14.7 Å². The Labute approximate surface area is 105 Å². The molecule has 0 radical (unpaired) electrons. The van der Waals surface area contributed by atoms with E-state index in [9.17, 15) is 4.79 Å². The van der Waals surface area contributed by atoms with Crippen molar-refractivity contribution in [3.8, 4) is 0 Å². The van der Waals surface area contributed by atoms with E-state index >= 15 is 0 Å². The molecule has 0 N–H and O–H groups in total. The van der Waals surface area contributed by atoms with Crippen molar-refractivity contribution >= 4 is 5.91 Å². The molecule has 1 saturated heterocycles. The highest BCUT2D eigenvalue weighted by molar-refractivity contribution is 5.87. The van der Waals surface area contributed by atoms with Crippen molar-refractivity contribution in [1.29, 1.82) is 0 Å². The molecule has 0 spiro atoms. The van der Waals surface area contributed by atoms with Gasteiger partial charge in [0.15, 0.2) is 0 Å². The smallest absolute Gasteiger partial charge is 0.248 e. The second kappa shape index (κ2) is 5.54. The second-order valence-corrected chi connectivity index (χ2v) is 5.76. The summed E-state index contributed by atoms with van der Waals surface area (Å²) in [5.74, 6) is 0.118. The molecule has 1 amide bonds. The highest BCUT2D eigenvalue weighted by Gasteiger charge is 2.26. The SMILES string of the molecule is CN(C)/C=C/C(=O)N1CCN(C(C)(C)C)CC1. The third kappa shape index (κ3) is 4.38. The average Bonchev–Trinajstić information content (AvgIpc) is 2.25. The first kappa shape index (κ1) is 14.0. The number of piperazine rings is 1. The van der Waals surface area contributed by atoms with E-state index in [4.69, 9.17) is 0 Å². The fourth-order valence-corrected chi connectivity index (χ4v) is 1.92. The minimum Gasteiger partial charge on any atom is -0.383 e. The molecule has 1 fully saturated rings. The Morgan fingerprint density at radius 1 is 1.12 bits per heavy atom. The van der Waals surface area contributed by atoms with Gasteiger partial charge in [0.05, 0.1) is 0 Å². The molecule has 1 heterocycles. The predicted octanol–water partition coefficient (Wildman–Crippen LogP) is 1.00. The number of carbonyl (C=O) groups is 1. The fourth-order valence-electron chi connectivity index (χ4n) is 1.92. The Morgan fingerprint density at radius 3 is 2.06 bits per heavy atom. The van der Waals surface area contributed by atoms with Gasteiger partial charge in [0.25, 0.3) is 0 Å². The molecule has 0 saturated carbocycles. The van der Waals surface area contributed by atoms with Crippen molar-refractivity contribution < 1.29 is 4.79 Å². The lowest BCUT2D eigenvalue weighted by molar-refractivity contribution is -0.128. The maximum atomic E-state index is 11.9. The first-order chi connectivity index (χ1) is 7.80. The summed E-state index contributed by atoms with van der Waals surface area (Å²) in [5, 5.41) is 0. The highest BCUT2D eigenvalue weighted by atomic mass is 16.2. The van der Waals surface area contributed by atoms with Crippen LogP contribution >= 0.6 is 0 Å². The lowest BCUT2D eigenvalue weighted by Gasteiger charge is -2.42. The molecule has 4 nitrogen and oxygen atoms in total. The van der Waals surface area contributed by atoms with Gasteiger partial charge in [-0.25, -0.2) is 0 Å². The molecule has 0 unspecified atom stereocenters. The number of rotatable bonds is 2. The summed E-state index contributed by atoms with van der Waals surface area (Å²) in [6.07, 6.45) is 3.45. The van der Waals surface area contributed by atoms with Crippen LogP contribution in [0.5, 0.6) is 0 Å². The zero-order valence-electron chi connectivity index (χ0n) is 11.7. The normalized spacial score (nSPS) is 18.8. The summed E-state index contributed by atoms with van der Waals surface area (Å²) < 4.78 is 0. The summed E-state index contributed by atoms with van der Waals surface area (Å²) in [4.78, 5) is 18.1. The van der Waals surface area contributed by atoms with E-state index in [0.29, 0.717) is 0 Å². The maximum absolute atomic E-state index is 11.9. The van der Waals surface area contributed by atoms with E-state index in [0.717, 1.165) is 26.2 Å². The van der Waals surface area contributed by atoms with Crippen LogP contribution in [0, 0.1) is 0 Å². The van der Waals surface area contributed by atoms with Crippen LogP contribution < -0.4 is 0 Å². The number of hydrogen-bond acceptors (Lipinski definition) is 3. The van der Waals surface area contributed by atoms with Gasteiger partial charge in [0.2, 0.25) is 5.91 Å². The van der Waals surface area contributed by atoms with Gasteiger partial charge in [-0.05, 0) is 20.8 Å². The maximum Gasteiger partial charge on any atom is 0.248 e. The van der Waals surface area contributed by atoms with Gasteiger partial charge in [-0.1, -0.05) is 0 Å². The average molecular weight is 239 g/mol. The number of amides is 1. The highest BCUT2D eigenvalue weighted by Crippen LogP contribution is 2.15. The van der Waals surface area contributed by atoms with Gasteiger partial charge < -0.3 is 9.80 Å². The summed E-state index contributed by atoms with van der Waals surface area (Å²) in [7, 11) is 3.84. The molecule has 98 valence electrons. The molecule has 0 aliphatic carbocycles. The Hall–Kier alpha value is -1.03. The van der Waals surface area contributed by atoms with Crippen molar-refractivity contribution in [2.75, 3.05) is 40.3 Å². The predicted molar refractivity (Wildman–Crippen MR) is 70.7 cm³/mol. The molecule has 0 aromatic carbocycles. The molecule has 4 heteroatoms. The third-order valence-corrected chi connectivity index (χ3v) is 3.06. The van der Waals surface area contributed by atoms with Gasteiger partial charge in [-0.15, -0.1) is 0 Å². The van der Waals surface area contributed by atoms with Crippen LogP contribution in [-0.4, -0.2) is 66.4 Å². The lowest BCUT2D eigenvalue weighted by Crippen LogP contribution is -2.54. The van der Waals surface area contributed by atoms with Gasteiger partial charge >= 0.3 is 0 Å². The molecule has 17 heavy (non-hydrogen) atoms. The zero-order chi connectivity index (χ0) is 13.1. The van der Waals surface area contributed by atoms with E-state index in [-0.39, 0.29) is 11.4 Å². The van der Waals surface area contributed by atoms with Crippen LogP contribution in [0.2, 0.25) is 0 Å². The Bertz CT molecular complexity index is 284. The number of nitrogens with zero attached hydrogens (tertiary/aromatic N) is 3. The van der Waals surface area contributed by atoms with Crippen LogP contribution in [0.3, 0.4) is 0 Å². The van der Waals surface area contributed by atoms with Gasteiger partial charge in [-0.3, -0.25) is 9.69 Å². The van der Waals surface area contributed by atoms with Crippen molar-refractivity contribution in [2.24, 2.45) is 0 Å². The van der Waals surface area contributed by atoms with Crippen molar-refractivity contribution in [3.05, 3.63) is 12.3 Å².